The third-order valence-electron chi connectivity index (χ3n) is 4.59. The van der Waals surface area contributed by atoms with Gasteiger partial charge in [0.1, 0.15) is 17.2 Å². The lowest BCUT2D eigenvalue weighted by Gasteiger charge is -2.27. The lowest BCUT2D eigenvalue weighted by molar-refractivity contribution is 0.0740. The summed E-state index contributed by atoms with van der Waals surface area (Å²) in [6.45, 7) is 2.98. The molecule has 0 N–H and O–H groups in total. The number of carbonyl (C=O) groups excluding carboxylic acids is 1. The molecule has 3 rings (SSSR count). The quantitative estimate of drug-likeness (QED) is 0.819. The minimum atomic E-state index is -0.0866. The fraction of sp³-hybridized carbons (Fsp3) is 0.350. The second-order valence-corrected chi connectivity index (χ2v) is 6.07. The van der Waals surface area contributed by atoms with Crippen molar-refractivity contribution in [2.24, 2.45) is 0 Å². The molecule has 138 valence electrons. The third-order valence-corrected chi connectivity index (χ3v) is 4.59. The molecular formula is C20H23NO5. The fourth-order valence-corrected chi connectivity index (χ4v) is 3.14. The summed E-state index contributed by atoms with van der Waals surface area (Å²) >= 11 is 0. The standard InChI is InChI=1S/C20H23NO5/c1-13-7-10-26-19(13)20(22)21-8-5-14(6-9-21)18-16(24-3)11-15(23-2)12-17(18)25-4/h5,7,10-12H,6,8-9H2,1-4H3. The molecule has 6 nitrogen and oxygen atoms in total. The van der Waals surface area contributed by atoms with Crippen molar-refractivity contribution in [2.75, 3.05) is 34.4 Å². The number of methoxy groups -OCH3 is 3. The van der Waals surface area contributed by atoms with Crippen LogP contribution in [0.25, 0.3) is 5.57 Å². The maximum absolute atomic E-state index is 12.6. The van der Waals surface area contributed by atoms with Gasteiger partial charge in [0, 0.05) is 30.8 Å². The Morgan fingerprint density at radius 3 is 2.27 bits per heavy atom. The van der Waals surface area contributed by atoms with Crippen molar-refractivity contribution in [3.63, 3.8) is 0 Å². The topological polar surface area (TPSA) is 61.1 Å². The Kier molecular flexibility index (Phi) is 5.21. The van der Waals surface area contributed by atoms with Crippen LogP contribution in [0.2, 0.25) is 0 Å². The first-order valence-corrected chi connectivity index (χ1v) is 8.41. The number of hydrogen-bond acceptors (Lipinski definition) is 5. The molecule has 1 amide bonds. The number of furan rings is 1. The monoisotopic (exact) mass is 357 g/mol. The van der Waals surface area contributed by atoms with Crippen molar-refractivity contribution in [1.82, 2.24) is 4.90 Å². The summed E-state index contributed by atoms with van der Waals surface area (Å²) in [6.07, 6.45) is 4.28. The first kappa shape index (κ1) is 17.9. The van der Waals surface area contributed by atoms with Crippen molar-refractivity contribution in [3.8, 4) is 17.2 Å². The minimum Gasteiger partial charge on any atom is -0.496 e. The number of benzene rings is 1. The Hall–Kier alpha value is -2.89. The molecule has 2 aromatic rings. The molecule has 6 heteroatoms. The smallest absolute Gasteiger partial charge is 0.290 e. The summed E-state index contributed by atoms with van der Waals surface area (Å²) in [5, 5.41) is 0. The predicted molar refractivity (Wildman–Crippen MR) is 98.0 cm³/mol. The van der Waals surface area contributed by atoms with Crippen LogP contribution in [-0.4, -0.2) is 45.2 Å². The molecule has 0 aliphatic carbocycles. The molecule has 0 saturated heterocycles. The molecule has 26 heavy (non-hydrogen) atoms. The SMILES string of the molecule is COc1cc(OC)c(C2=CCN(C(=O)c3occc3C)CC2)c(OC)c1. The van der Waals surface area contributed by atoms with Gasteiger partial charge < -0.3 is 23.5 Å². The van der Waals surface area contributed by atoms with Gasteiger partial charge in [0.05, 0.1) is 33.2 Å². The Labute approximate surface area is 152 Å². The van der Waals surface area contributed by atoms with Crippen LogP contribution < -0.4 is 14.2 Å². The van der Waals surface area contributed by atoms with Gasteiger partial charge in [-0.15, -0.1) is 0 Å². The number of amides is 1. The van der Waals surface area contributed by atoms with Crippen molar-refractivity contribution in [1.29, 1.82) is 0 Å². The van der Waals surface area contributed by atoms with E-state index in [1.165, 1.54) is 0 Å². The van der Waals surface area contributed by atoms with E-state index in [-0.39, 0.29) is 5.91 Å². The van der Waals surface area contributed by atoms with Crippen LogP contribution >= 0.6 is 0 Å². The molecule has 1 aliphatic rings. The molecule has 1 aromatic carbocycles. The van der Waals surface area contributed by atoms with Gasteiger partial charge in [0.25, 0.3) is 5.91 Å². The lowest BCUT2D eigenvalue weighted by atomic mass is 9.97. The Morgan fingerprint density at radius 1 is 1.12 bits per heavy atom. The highest BCUT2D eigenvalue weighted by Crippen LogP contribution is 2.40. The van der Waals surface area contributed by atoms with Crippen LogP contribution in [0.15, 0.2) is 35.0 Å². The van der Waals surface area contributed by atoms with Gasteiger partial charge in [-0.1, -0.05) is 6.08 Å². The summed E-state index contributed by atoms with van der Waals surface area (Å²) in [7, 11) is 4.85. The van der Waals surface area contributed by atoms with Crippen molar-refractivity contribution < 1.29 is 23.4 Å². The summed E-state index contributed by atoms with van der Waals surface area (Å²) < 4.78 is 21.7. The van der Waals surface area contributed by atoms with E-state index in [1.807, 2.05) is 25.1 Å². The van der Waals surface area contributed by atoms with Gasteiger partial charge in [-0.25, -0.2) is 0 Å². The maximum Gasteiger partial charge on any atom is 0.290 e. The van der Waals surface area contributed by atoms with Crippen LogP contribution in [0.3, 0.4) is 0 Å². The van der Waals surface area contributed by atoms with E-state index in [0.29, 0.717) is 42.5 Å². The number of nitrogens with zero attached hydrogens (tertiary/aromatic N) is 1. The van der Waals surface area contributed by atoms with E-state index in [1.54, 1.807) is 38.6 Å². The average Bonchev–Trinajstić information content (AvgIpc) is 3.12. The second kappa shape index (κ2) is 7.56. The van der Waals surface area contributed by atoms with Gasteiger partial charge in [0.15, 0.2) is 5.76 Å². The molecule has 2 heterocycles. The van der Waals surface area contributed by atoms with E-state index in [2.05, 4.69) is 0 Å². The molecule has 0 saturated carbocycles. The highest BCUT2D eigenvalue weighted by molar-refractivity contribution is 5.93. The van der Waals surface area contributed by atoms with Crippen LogP contribution in [-0.2, 0) is 0 Å². The maximum atomic E-state index is 12.6. The number of ether oxygens (including phenoxy) is 3. The van der Waals surface area contributed by atoms with Gasteiger partial charge >= 0.3 is 0 Å². The third kappa shape index (κ3) is 3.27. The predicted octanol–water partition coefficient (Wildman–Crippen LogP) is 3.54. The van der Waals surface area contributed by atoms with Crippen LogP contribution in [0.4, 0.5) is 0 Å². The Morgan fingerprint density at radius 2 is 1.81 bits per heavy atom. The van der Waals surface area contributed by atoms with Crippen molar-refractivity contribution in [3.05, 3.63) is 47.4 Å². The van der Waals surface area contributed by atoms with Crippen LogP contribution in [0.1, 0.15) is 28.1 Å². The first-order valence-electron chi connectivity index (χ1n) is 8.41. The zero-order valence-electron chi connectivity index (χ0n) is 15.5. The molecule has 1 aromatic heterocycles. The number of rotatable bonds is 5. The molecule has 0 unspecified atom stereocenters. The van der Waals surface area contributed by atoms with E-state index in [4.69, 9.17) is 18.6 Å². The van der Waals surface area contributed by atoms with Crippen molar-refractivity contribution in [2.45, 2.75) is 13.3 Å². The largest absolute Gasteiger partial charge is 0.496 e. The van der Waals surface area contributed by atoms with E-state index < -0.39 is 0 Å². The molecule has 0 bridgehead atoms. The molecular weight excluding hydrogens is 334 g/mol. The minimum absolute atomic E-state index is 0.0866. The fourth-order valence-electron chi connectivity index (χ4n) is 3.14. The number of hydrogen-bond donors (Lipinski definition) is 0. The molecule has 0 fully saturated rings. The summed E-state index contributed by atoms with van der Waals surface area (Å²) in [4.78, 5) is 14.4. The van der Waals surface area contributed by atoms with Crippen LogP contribution in [0, 0.1) is 6.92 Å². The lowest BCUT2D eigenvalue weighted by Crippen LogP contribution is -2.34. The highest BCUT2D eigenvalue weighted by atomic mass is 16.5. The molecule has 0 spiro atoms. The number of carbonyl (C=O) groups is 1. The molecule has 1 aliphatic heterocycles. The zero-order chi connectivity index (χ0) is 18.7. The summed E-state index contributed by atoms with van der Waals surface area (Å²) in [6, 6.07) is 5.47. The van der Waals surface area contributed by atoms with E-state index in [9.17, 15) is 4.79 Å². The summed E-state index contributed by atoms with van der Waals surface area (Å²) in [5.74, 6) is 2.37. The average molecular weight is 357 g/mol. The van der Waals surface area contributed by atoms with Gasteiger partial charge in [-0.3, -0.25) is 4.79 Å². The Bertz CT molecular complexity index is 811. The van der Waals surface area contributed by atoms with Crippen LogP contribution in [0.5, 0.6) is 17.2 Å². The second-order valence-electron chi connectivity index (χ2n) is 6.07. The van der Waals surface area contributed by atoms with Gasteiger partial charge in [-0.05, 0) is 25.0 Å². The zero-order valence-corrected chi connectivity index (χ0v) is 15.5. The Balaban J connectivity index is 1.87. The van der Waals surface area contributed by atoms with Gasteiger partial charge in [0.2, 0.25) is 0 Å². The highest BCUT2D eigenvalue weighted by Gasteiger charge is 2.25. The van der Waals surface area contributed by atoms with E-state index in [0.717, 1.165) is 16.7 Å². The van der Waals surface area contributed by atoms with E-state index >= 15 is 0 Å². The summed E-state index contributed by atoms with van der Waals surface area (Å²) in [5.41, 5.74) is 2.84. The van der Waals surface area contributed by atoms with Crippen molar-refractivity contribution >= 4 is 11.5 Å². The number of aryl methyl sites for hydroxylation is 1. The molecule has 0 radical (unpaired) electrons. The van der Waals surface area contributed by atoms with Gasteiger partial charge in [-0.2, -0.15) is 0 Å². The normalized spacial score (nSPS) is 14.0. The first-order chi connectivity index (χ1) is 12.6. The molecule has 0 atom stereocenters.